The van der Waals surface area contributed by atoms with Crippen molar-refractivity contribution >= 4 is 17.4 Å². The van der Waals surface area contributed by atoms with Gasteiger partial charge < -0.3 is 14.7 Å². The minimum atomic E-state index is -0.538. The number of nitrogens with zero attached hydrogens (tertiary/aromatic N) is 2. The molecule has 1 saturated heterocycles. The van der Waals surface area contributed by atoms with E-state index >= 15 is 0 Å². The van der Waals surface area contributed by atoms with Gasteiger partial charge in [-0.2, -0.15) is 0 Å². The highest BCUT2D eigenvalue weighted by Crippen LogP contribution is 2.32. The Labute approximate surface area is 226 Å². The molecular weight excluding hydrogens is 481 g/mol. The second-order valence-electron chi connectivity index (χ2n) is 9.80. The number of aryl methyl sites for hydroxylation is 1. The van der Waals surface area contributed by atoms with Gasteiger partial charge in [0.1, 0.15) is 23.5 Å². The van der Waals surface area contributed by atoms with Crippen LogP contribution in [0.15, 0.2) is 65.5 Å². The molecule has 0 spiro atoms. The van der Waals surface area contributed by atoms with Crippen LogP contribution in [0.2, 0.25) is 0 Å². The van der Waals surface area contributed by atoms with Gasteiger partial charge in [0.2, 0.25) is 11.8 Å². The van der Waals surface area contributed by atoms with Crippen molar-refractivity contribution in [2.75, 3.05) is 6.54 Å². The Kier molecular flexibility index (Phi) is 11.2. The summed E-state index contributed by atoms with van der Waals surface area (Å²) in [5.41, 5.74) is 3.40. The molecule has 2 heterocycles. The van der Waals surface area contributed by atoms with E-state index in [9.17, 15) is 14.0 Å². The molecular formula is C31H42FN3O3. The Bertz CT molecular complexity index is 1160. The Balaban J connectivity index is 0.00000247. The van der Waals surface area contributed by atoms with Gasteiger partial charge in [-0.15, -0.1) is 0 Å². The minimum Gasteiger partial charge on any atom is -0.360 e. The number of amides is 2. The zero-order valence-electron chi connectivity index (χ0n) is 23.8. The van der Waals surface area contributed by atoms with Crippen molar-refractivity contribution in [1.29, 1.82) is 0 Å². The molecule has 2 amide bonds. The first-order valence-corrected chi connectivity index (χ1v) is 13.4. The van der Waals surface area contributed by atoms with Crippen molar-refractivity contribution in [3.63, 3.8) is 0 Å². The molecule has 6 nitrogen and oxygen atoms in total. The van der Waals surface area contributed by atoms with Crippen LogP contribution in [0.5, 0.6) is 0 Å². The molecule has 7 heteroatoms. The second-order valence-corrected chi connectivity index (χ2v) is 9.80. The maximum atomic E-state index is 14.0. The van der Waals surface area contributed by atoms with Gasteiger partial charge in [-0.3, -0.25) is 9.59 Å². The molecule has 1 fully saturated rings. The summed E-state index contributed by atoms with van der Waals surface area (Å²) >= 11 is 0. The summed E-state index contributed by atoms with van der Waals surface area (Å²) in [5.74, 6) is -0.782. The van der Waals surface area contributed by atoms with Crippen LogP contribution in [0, 0.1) is 12.8 Å². The molecule has 2 aromatic rings. The number of benzene rings is 1. The van der Waals surface area contributed by atoms with Gasteiger partial charge in [-0.25, -0.2) is 4.39 Å². The van der Waals surface area contributed by atoms with Gasteiger partial charge >= 0.3 is 0 Å². The third-order valence-corrected chi connectivity index (χ3v) is 6.75. The van der Waals surface area contributed by atoms with Crippen LogP contribution in [0.4, 0.5) is 4.39 Å². The Morgan fingerprint density at radius 2 is 1.84 bits per heavy atom. The van der Waals surface area contributed by atoms with Gasteiger partial charge in [-0.1, -0.05) is 76.4 Å². The largest absolute Gasteiger partial charge is 0.360 e. The molecule has 1 aliphatic rings. The Morgan fingerprint density at radius 3 is 2.34 bits per heavy atom. The summed E-state index contributed by atoms with van der Waals surface area (Å²) < 4.78 is 19.4. The maximum absolute atomic E-state index is 14.0. The van der Waals surface area contributed by atoms with Crippen molar-refractivity contribution in [3.05, 3.63) is 83.5 Å². The van der Waals surface area contributed by atoms with Gasteiger partial charge in [0.05, 0.1) is 11.7 Å². The van der Waals surface area contributed by atoms with E-state index in [-0.39, 0.29) is 23.8 Å². The zero-order valence-corrected chi connectivity index (χ0v) is 23.8. The van der Waals surface area contributed by atoms with Crippen LogP contribution in [-0.2, 0) is 9.59 Å². The molecule has 3 unspecified atom stereocenters. The van der Waals surface area contributed by atoms with Gasteiger partial charge in [0, 0.05) is 18.2 Å². The first kappa shape index (κ1) is 30.7. The number of carbonyl (C=O) groups is 2. The lowest BCUT2D eigenvalue weighted by atomic mass is 9.91. The predicted octanol–water partition coefficient (Wildman–Crippen LogP) is 7.06. The number of carbonyl (C=O) groups excluding carboxylic acids is 2. The number of allylic oxidation sites excluding steroid dienone is 4. The quantitative estimate of drug-likeness (QED) is 0.357. The van der Waals surface area contributed by atoms with E-state index in [2.05, 4.69) is 23.6 Å². The summed E-state index contributed by atoms with van der Waals surface area (Å²) in [6.45, 7) is 21.1. The molecule has 1 aromatic carbocycles. The van der Waals surface area contributed by atoms with Gasteiger partial charge in [0.15, 0.2) is 0 Å². The van der Waals surface area contributed by atoms with Gasteiger partial charge in [0.25, 0.3) is 0 Å². The molecule has 206 valence electrons. The smallest absolute Gasteiger partial charge is 0.243 e. The molecule has 0 bridgehead atoms. The average molecular weight is 524 g/mol. The van der Waals surface area contributed by atoms with E-state index in [0.717, 1.165) is 17.7 Å². The predicted molar refractivity (Wildman–Crippen MR) is 151 cm³/mol. The third kappa shape index (κ3) is 7.09. The highest BCUT2D eigenvalue weighted by atomic mass is 19.1. The Morgan fingerprint density at radius 1 is 1.21 bits per heavy atom. The number of aromatic nitrogens is 1. The number of hydrogen-bond donors (Lipinski definition) is 1. The second kappa shape index (κ2) is 13.9. The van der Waals surface area contributed by atoms with Crippen LogP contribution in [0.3, 0.4) is 0 Å². The first-order valence-electron chi connectivity index (χ1n) is 13.4. The van der Waals surface area contributed by atoms with Crippen molar-refractivity contribution in [1.82, 2.24) is 15.4 Å². The maximum Gasteiger partial charge on any atom is 0.243 e. The van der Waals surface area contributed by atoms with E-state index < -0.39 is 17.8 Å². The van der Waals surface area contributed by atoms with Crippen molar-refractivity contribution in [2.24, 2.45) is 5.92 Å². The van der Waals surface area contributed by atoms with Gasteiger partial charge in [-0.05, 0) is 56.2 Å². The molecule has 1 aromatic heterocycles. The molecule has 0 aliphatic carbocycles. The standard InChI is InChI=1S/C29H36FN3O3.C2H6/c1-8-18(4)27(20(6)30)23-13-11-22(12-14-23)21(7)31-28(34)24-10-9-15-33(24)29(35)26(17(2)3)25-16-19(5)32-36-25;1-2/h8,11-14,16-17,21,24,26H,1,6,9-10,15H2,2-5,7H3,(H,31,34);1-2H3/b27-18+;. The van der Waals surface area contributed by atoms with E-state index in [0.29, 0.717) is 35.4 Å². The van der Waals surface area contributed by atoms with Crippen molar-refractivity contribution in [2.45, 2.75) is 79.3 Å². The lowest BCUT2D eigenvalue weighted by Gasteiger charge is -2.29. The van der Waals surface area contributed by atoms with Crippen LogP contribution in [0.1, 0.15) is 88.9 Å². The minimum absolute atomic E-state index is 0.00401. The molecule has 1 N–H and O–H groups in total. The van der Waals surface area contributed by atoms with E-state index in [4.69, 9.17) is 4.52 Å². The van der Waals surface area contributed by atoms with Crippen LogP contribution in [0.25, 0.3) is 5.57 Å². The first-order chi connectivity index (χ1) is 18.0. The molecule has 0 radical (unpaired) electrons. The summed E-state index contributed by atoms with van der Waals surface area (Å²) in [5, 5.41) is 6.99. The van der Waals surface area contributed by atoms with Crippen molar-refractivity contribution < 1.29 is 18.5 Å². The summed E-state index contributed by atoms with van der Waals surface area (Å²) in [4.78, 5) is 28.4. The molecule has 3 atom stereocenters. The van der Waals surface area contributed by atoms with Crippen LogP contribution >= 0.6 is 0 Å². The number of halogens is 1. The third-order valence-electron chi connectivity index (χ3n) is 6.75. The average Bonchev–Trinajstić information content (AvgIpc) is 3.54. The zero-order chi connectivity index (χ0) is 28.6. The molecule has 3 rings (SSSR count). The number of likely N-dealkylation sites (tertiary alicyclic amines) is 1. The topological polar surface area (TPSA) is 75.4 Å². The Hall–Kier alpha value is -3.48. The summed E-state index contributed by atoms with van der Waals surface area (Å²) in [6.07, 6.45) is 2.97. The highest BCUT2D eigenvalue weighted by molar-refractivity contribution is 5.91. The highest BCUT2D eigenvalue weighted by Gasteiger charge is 2.40. The lowest BCUT2D eigenvalue weighted by molar-refractivity contribution is -0.141. The van der Waals surface area contributed by atoms with Crippen LogP contribution in [-0.4, -0.2) is 34.5 Å². The monoisotopic (exact) mass is 523 g/mol. The fourth-order valence-electron chi connectivity index (χ4n) is 4.78. The number of rotatable bonds is 9. The van der Waals surface area contributed by atoms with Crippen LogP contribution < -0.4 is 5.32 Å². The molecule has 1 aliphatic heterocycles. The SMILES string of the molecule is C=C/C(C)=C(\C(=C)F)c1ccc(C(C)NC(=O)C2CCCN2C(=O)C(c2cc(C)no2)C(C)C)cc1.CC. The van der Waals surface area contributed by atoms with E-state index in [1.165, 1.54) is 0 Å². The van der Waals surface area contributed by atoms with E-state index in [1.54, 1.807) is 24.0 Å². The fourth-order valence-corrected chi connectivity index (χ4v) is 4.78. The molecule has 38 heavy (non-hydrogen) atoms. The normalized spacial score (nSPS) is 17.2. The lowest BCUT2D eigenvalue weighted by Crippen LogP contribution is -2.48. The van der Waals surface area contributed by atoms with E-state index in [1.807, 2.05) is 65.8 Å². The fraction of sp³-hybridized carbons (Fsp3) is 0.452. The molecule has 0 saturated carbocycles. The summed E-state index contributed by atoms with van der Waals surface area (Å²) in [7, 11) is 0. The van der Waals surface area contributed by atoms with Crippen molar-refractivity contribution in [3.8, 4) is 0 Å². The summed E-state index contributed by atoms with van der Waals surface area (Å²) in [6, 6.07) is 8.30. The number of hydrogen-bond acceptors (Lipinski definition) is 4. The number of nitrogens with one attached hydrogen (secondary N) is 1.